The maximum atomic E-state index is 12.5. The predicted octanol–water partition coefficient (Wildman–Crippen LogP) is 2.20. The summed E-state index contributed by atoms with van der Waals surface area (Å²) < 4.78 is 0. The van der Waals surface area contributed by atoms with Crippen LogP contribution in [0.1, 0.15) is 42.5 Å². The number of halogens is 1. The molecule has 0 aliphatic carbocycles. The van der Waals surface area contributed by atoms with E-state index in [-0.39, 0.29) is 11.8 Å². The van der Waals surface area contributed by atoms with E-state index in [9.17, 15) is 14.7 Å². The zero-order valence-corrected chi connectivity index (χ0v) is 15.5. The highest BCUT2D eigenvalue weighted by molar-refractivity contribution is 6.30. The van der Waals surface area contributed by atoms with Crippen LogP contribution in [-0.2, 0) is 4.79 Å². The zero-order valence-electron chi connectivity index (χ0n) is 14.7. The Morgan fingerprint density at radius 1 is 1.24 bits per heavy atom. The molecule has 1 aliphatic rings. The van der Waals surface area contributed by atoms with E-state index in [1.165, 1.54) is 0 Å². The molecule has 2 rings (SSSR count). The summed E-state index contributed by atoms with van der Waals surface area (Å²) in [5.41, 5.74) is 5.70. The first-order chi connectivity index (χ1) is 11.9. The van der Waals surface area contributed by atoms with Gasteiger partial charge < -0.3 is 15.7 Å². The molecule has 1 aromatic carbocycles. The highest BCUT2D eigenvalue weighted by Crippen LogP contribution is 2.31. The highest BCUT2D eigenvalue weighted by atomic mass is 35.5. The van der Waals surface area contributed by atoms with Crippen LogP contribution in [0.4, 0.5) is 0 Å². The van der Waals surface area contributed by atoms with Gasteiger partial charge in [0, 0.05) is 23.7 Å². The number of nitrogens with zero attached hydrogens (tertiary/aromatic N) is 1. The molecule has 0 radical (unpaired) electrons. The first kappa shape index (κ1) is 19.8. The largest absolute Gasteiger partial charge is 0.480 e. The van der Waals surface area contributed by atoms with E-state index in [2.05, 4.69) is 7.85 Å². The second kappa shape index (κ2) is 8.72. The van der Waals surface area contributed by atoms with Gasteiger partial charge in [-0.1, -0.05) is 30.8 Å². The van der Waals surface area contributed by atoms with Crippen LogP contribution in [0.3, 0.4) is 0 Å². The Balaban J connectivity index is 1.98. The van der Waals surface area contributed by atoms with Gasteiger partial charge in [0.2, 0.25) is 0 Å². The molecule has 1 aliphatic heterocycles. The van der Waals surface area contributed by atoms with E-state index in [1.807, 2.05) is 0 Å². The van der Waals surface area contributed by atoms with Gasteiger partial charge in [0.05, 0.1) is 0 Å². The number of benzene rings is 1. The molecule has 1 unspecified atom stereocenters. The Bertz CT molecular complexity index is 603. The van der Waals surface area contributed by atoms with Crippen molar-refractivity contribution in [2.45, 2.75) is 44.0 Å². The number of piperidine rings is 1. The molecular formula is C18H26BClN2O3. The lowest BCUT2D eigenvalue weighted by Crippen LogP contribution is -2.57. The third-order valence-corrected chi connectivity index (χ3v) is 5.45. The van der Waals surface area contributed by atoms with Crippen molar-refractivity contribution in [3.63, 3.8) is 0 Å². The third-order valence-electron chi connectivity index (χ3n) is 5.19. The zero-order chi connectivity index (χ0) is 18.4. The Morgan fingerprint density at radius 2 is 1.84 bits per heavy atom. The molecule has 1 heterocycles. The fourth-order valence-electron chi connectivity index (χ4n) is 3.53. The minimum Gasteiger partial charge on any atom is -0.480 e. The number of aliphatic carboxylic acids is 1. The topological polar surface area (TPSA) is 83.6 Å². The number of rotatable bonds is 7. The van der Waals surface area contributed by atoms with E-state index in [4.69, 9.17) is 17.3 Å². The van der Waals surface area contributed by atoms with Crippen LogP contribution >= 0.6 is 11.6 Å². The molecule has 1 amide bonds. The molecule has 0 bridgehead atoms. The fourth-order valence-corrected chi connectivity index (χ4v) is 3.65. The molecule has 7 heteroatoms. The summed E-state index contributed by atoms with van der Waals surface area (Å²) in [5, 5.41) is 10.2. The molecule has 136 valence electrons. The van der Waals surface area contributed by atoms with Gasteiger partial charge in [-0.3, -0.25) is 9.59 Å². The van der Waals surface area contributed by atoms with Crippen LogP contribution in [0, 0.1) is 5.92 Å². The maximum Gasteiger partial charge on any atom is 0.323 e. The van der Waals surface area contributed by atoms with Gasteiger partial charge in [-0.15, -0.1) is 0 Å². The Morgan fingerprint density at radius 3 is 2.36 bits per heavy atom. The van der Waals surface area contributed by atoms with Crippen molar-refractivity contribution in [3.05, 3.63) is 34.9 Å². The first-order valence-corrected chi connectivity index (χ1v) is 9.33. The van der Waals surface area contributed by atoms with Gasteiger partial charge in [-0.2, -0.15) is 0 Å². The minimum absolute atomic E-state index is 0.0425. The van der Waals surface area contributed by atoms with Gasteiger partial charge in [0.15, 0.2) is 0 Å². The first-order valence-electron chi connectivity index (χ1n) is 8.95. The number of hydrogen-bond acceptors (Lipinski definition) is 3. The average molecular weight is 365 g/mol. The smallest absolute Gasteiger partial charge is 0.323 e. The number of amides is 1. The number of nitrogens with two attached hydrogens (primary N) is 1. The van der Waals surface area contributed by atoms with E-state index in [1.54, 1.807) is 29.2 Å². The summed E-state index contributed by atoms with van der Waals surface area (Å²) in [6, 6.07) is 6.83. The van der Waals surface area contributed by atoms with E-state index in [0.29, 0.717) is 42.9 Å². The molecular weight excluding hydrogens is 338 g/mol. The average Bonchev–Trinajstić information content (AvgIpc) is 2.62. The van der Waals surface area contributed by atoms with Crippen molar-refractivity contribution in [3.8, 4) is 0 Å². The number of carboxylic acid groups (broad SMARTS) is 1. The van der Waals surface area contributed by atoms with Crippen molar-refractivity contribution in [1.29, 1.82) is 0 Å². The van der Waals surface area contributed by atoms with Crippen LogP contribution in [0.5, 0.6) is 0 Å². The summed E-state index contributed by atoms with van der Waals surface area (Å²) in [6.07, 6.45) is 4.57. The second-order valence-electron chi connectivity index (χ2n) is 6.88. The predicted molar refractivity (Wildman–Crippen MR) is 102 cm³/mol. The van der Waals surface area contributed by atoms with Crippen molar-refractivity contribution in [1.82, 2.24) is 4.90 Å². The number of likely N-dealkylation sites (tertiary alicyclic amines) is 1. The molecule has 1 saturated heterocycles. The Kier molecular flexibility index (Phi) is 6.91. The molecule has 1 aromatic rings. The molecule has 1 fully saturated rings. The van der Waals surface area contributed by atoms with Crippen LogP contribution < -0.4 is 5.73 Å². The lowest BCUT2D eigenvalue weighted by atomic mass is 9.75. The molecule has 0 spiro atoms. The number of hydrogen-bond donors (Lipinski definition) is 2. The quantitative estimate of drug-likeness (QED) is 0.574. The van der Waals surface area contributed by atoms with Gasteiger partial charge in [0.1, 0.15) is 13.4 Å². The number of unbranched alkanes of at least 4 members (excludes halogenated alkanes) is 1. The number of carbonyl (C=O) groups is 2. The summed E-state index contributed by atoms with van der Waals surface area (Å²) in [5.74, 6) is -1.07. The molecule has 3 N–H and O–H groups in total. The lowest BCUT2D eigenvalue weighted by Gasteiger charge is -2.40. The van der Waals surface area contributed by atoms with E-state index in [0.717, 1.165) is 19.2 Å². The molecule has 0 saturated carbocycles. The lowest BCUT2D eigenvalue weighted by molar-refractivity contribution is -0.146. The van der Waals surface area contributed by atoms with Crippen molar-refractivity contribution >= 4 is 31.3 Å². The van der Waals surface area contributed by atoms with Crippen molar-refractivity contribution in [2.24, 2.45) is 11.7 Å². The number of carboxylic acids is 1. The van der Waals surface area contributed by atoms with Crippen LogP contribution in [-0.4, -0.2) is 48.4 Å². The van der Waals surface area contributed by atoms with Gasteiger partial charge >= 0.3 is 5.97 Å². The normalized spacial score (nSPS) is 17.9. The Labute approximate surface area is 154 Å². The van der Waals surface area contributed by atoms with Crippen LogP contribution in [0.25, 0.3) is 0 Å². The van der Waals surface area contributed by atoms with Crippen LogP contribution in [0.2, 0.25) is 11.3 Å². The monoisotopic (exact) mass is 364 g/mol. The molecule has 25 heavy (non-hydrogen) atoms. The Hall–Kier alpha value is -1.53. The molecule has 1 atom stereocenters. The fraction of sp³-hybridized carbons (Fsp3) is 0.556. The second-order valence-corrected chi connectivity index (χ2v) is 7.31. The summed E-state index contributed by atoms with van der Waals surface area (Å²) in [6.45, 7) is 1.07. The summed E-state index contributed by atoms with van der Waals surface area (Å²) in [4.78, 5) is 26.1. The van der Waals surface area contributed by atoms with Crippen LogP contribution in [0.15, 0.2) is 24.3 Å². The third kappa shape index (κ3) is 4.76. The van der Waals surface area contributed by atoms with Gasteiger partial charge in [0.25, 0.3) is 5.91 Å². The molecule has 5 nitrogen and oxygen atoms in total. The summed E-state index contributed by atoms with van der Waals surface area (Å²) >= 11 is 5.86. The van der Waals surface area contributed by atoms with Crippen molar-refractivity contribution in [2.75, 3.05) is 13.1 Å². The van der Waals surface area contributed by atoms with E-state index >= 15 is 0 Å². The number of carbonyl (C=O) groups excluding carboxylic acids is 1. The minimum atomic E-state index is -1.19. The standard InChI is InChI=1S/C18H26BClN2O3/c19-10-2-1-9-18(21,17(24)25)14-7-11-22(12-8-14)16(23)13-3-5-15(20)6-4-13/h3-6,14H,1-2,7-12,19,21H2,(H,24,25). The van der Waals surface area contributed by atoms with Gasteiger partial charge in [-0.05, 0) is 49.4 Å². The van der Waals surface area contributed by atoms with Gasteiger partial charge in [-0.25, -0.2) is 0 Å². The molecule has 0 aromatic heterocycles. The maximum absolute atomic E-state index is 12.5. The van der Waals surface area contributed by atoms with E-state index < -0.39 is 11.5 Å². The SMILES string of the molecule is BCCCCC(N)(C(=O)O)C1CCN(C(=O)c2ccc(Cl)cc2)CC1. The summed E-state index contributed by atoms with van der Waals surface area (Å²) in [7, 11) is 2.08. The highest BCUT2D eigenvalue weighted by Gasteiger charge is 2.43. The van der Waals surface area contributed by atoms with Crippen molar-refractivity contribution < 1.29 is 14.7 Å².